The van der Waals surface area contributed by atoms with Gasteiger partial charge in [-0.3, -0.25) is 0 Å². The summed E-state index contributed by atoms with van der Waals surface area (Å²) >= 11 is 1.47. The molecule has 0 aromatic carbocycles. The maximum absolute atomic E-state index is 11.6. The van der Waals surface area contributed by atoms with Crippen molar-refractivity contribution < 1.29 is 9.90 Å². The highest BCUT2D eigenvalue weighted by atomic mass is 32.1. The lowest BCUT2D eigenvalue weighted by Crippen LogP contribution is -2.08. The molecule has 4 heteroatoms. The lowest BCUT2D eigenvalue weighted by atomic mass is 9.97. The molecule has 3 nitrogen and oxygen atoms in total. The lowest BCUT2D eigenvalue weighted by molar-refractivity contribution is 0.0702. The number of carboxylic acid groups (broad SMARTS) is 1. The van der Waals surface area contributed by atoms with E-state index < -0.39 is 5.97 Å². The summed E-state index contributed by atoms with van der Waals surface area (Å²) in [6.07, 6.45) is 4.37. The Labute approximate surface area is 116 Å². The van der Waals surface area contributed by atoms with Crippen molar-refractivity contribution in [2.24, 2.45) is 0 Å². The van der Waals surface area contributed by atoms with Crippen LogP contribution in [0, 0.1) is 13.8 Å². The standard InChI is InChI=1S/C15H17NO2S/c1-9-7-8-10(2)16(9)13-11-5-3-4-6-12(11)19-14(13)15(17)18/h7-8H,3-6H2,1-2H3,(H,17,18). The molecule has 1 aliphatic rings. The van der Waals surface area contributed by atoms with E-state index in [1.54, 1.807) is 0 Å². The molecule has 2 heterocycles. The number of hydrogen-bond acceptors (Lipinski definition) is 2. The Balaban J connectivity index is 2.30. The zero-order valence-corrected chi connectivity index (χ0v) is 12.0. The highest BCUT2D eigenvalue weighted by Gasteiger charge is 2.26. The third kappa shape index (κ3) is 1.91. The molecule has 0 saturated carbocycles. The minimum absolute atomic E-state index is 0.495. The fourth-order valence-electron chi connectivity index (χ4n) is 2.95. The number of carbonyl (C=O) groups is 1. The normalized spacial score (nSPS) is 14.4. The fourth-order valence-corrected chi connectivity index (χ4v) is 4.17. The second kappa shape index (κ2) is 4.53. The first-order valence-electron chi connectivity index (χ1n) is 6.62. The molecule has 0 saturated heterocycles. The zero-order valence-electron chi connectivity index (χ0n) is 11.2. The molecule has 0 aliphatic heterocycles. The van der Waals surface area contributed by atoms with E-state index >= 15 is 0 Å². The van der Waals surface area contributed by atoms with Gasteiger partial charge in [-0.1, -0.05) is 0 Å². The average Bonchev–Trinajstić information content (AvgIpc) is 2.90. The predicted molar refractivity (Wildman–Crippen MR) is 76.7 cm³/mol. The van der Waals surface area contributed by atoms with Crippen molar-refractivity contribution in [3.8, 4) is 5.69 Å². The molecule has 2 aromatic heterocycles. The van der Waals surface area contributed by atoms with Gasteiger partial charge in [0.25, 0.3) is 0 Å². The topological polar surface area (TPSA) is 42.2 Å². The van der Waals surface area contributed by atoms with Gasteiger partial charge in [0.1, 0.15) is 4.88 Å². The van der Waals surface area contributed by atoms with Crippen LogP contribution in [-0.2, 0) is 12.8 Å². The Kier molecular flexibility index (Phi) is 2.97. The Morgan fingerprint density at radius 1 is 1.21 bits per heavy atom. The molecule has 1 aliphatic carbocycles. The molecule has 3 rings (SSSR count). The minimum atomic E-state index is -0.804. The Bertz CT molecular complexity index is 632. The lowest BCUT2D eigenvalue weighted by Gasteiger charge is -2.16. The second-order valence-corrected chi connectivity index (χ2v) is 6.25. The van der Waals surface area contributed by atoms with E-state index in [0.717, 1.165) is 36.3 Å². The van der Waals surface area contributed by atoms with Crippen molar-refractivity contribution in [2.75, 3.05) is 0 Å². The Morgan fingerprint density at radius 2 is 1.84 bits per heavy atom. The molecular formula is C15H17NO2S. The first-order valence-corrected chi connectivity index (χ1v) is 7.44. The smallest absolute Gasteiger partial charge is 0.348 e. The number of rotatable bonds is 2. The first-order chi connectivity index (χ1) is 9.09. The van der Waals surface area contributed by atoms with E-state index in [2.05, 4.69) is 4.57 Å². The van der Waals surface area contributed by atoms with E-state index in [4.69, 9.17) is 0 Å². The van der Waals surface area contributed by atoms with E-state index in [9.17, 15) is 9.90 Å². The van der Waals surface area contributed by atoms with E-state index in [0.29, 0.717) is 4.88 Å². The van der Waals surface area contributed by atoms with Gasteiger partial charge >= 0.3 is 5.97 Å². The van der Waals surface area contributed by atoms with Crippen LogP contribution in [0.3, 0.4) is 0 Å². The fraction of sp³-hybridized carbons (Fsp3) is 0.400. The van der Waals surface area contributed by atoms with Gasteiger partial charge in [-0.15, -0.1) is 11.3 Å². The van der Waals surface area contributed by atoms with Crippen molar-refractivity contribution in [3.05, 3.63) is 38.8 Å². The third-order valence-corrected chi connectivity index (χ3v) is 5.10. The summed E-state index contributed by atoms with van der Waals surface area (Å²) in [5.41, 5.74) is 4.39. The molecule has 1 N–H and O–H groups in total. The third-order valence-electron chi connectivity index (χ3n) is 3.83. The van der Waals surface area contributed by atoms with Crippen molar-refractivity contribution in [1.82, 2.24) is 4.57 Å². The predicted octanol–water partition coefficient (Wildman–Crippen LogP) is 3.73. The van der Waals surface area contributed by atoms with Crippen LogP contribution in [0.5, 0.6) is 0 Å². The van der Waals surface area contributed by atoms with E-state index in [1.165, 1.54) is 28.2 Å². The zero-order chi connectivity index (χ0) is 13.6. The minimum Gasteiger partial charge on any atom is -0.477 e. The first kappa shape index (κ1) is 12.5. The SMILES string of the molecule is Cc1ccc(C)n1-c1c(C(=O)O)sc2c1CCCC2. The van der Waals surface area contributed by atoms with Crippen LogP contribution in [0.25, 0.3) is 5.69 Å². The van der Waals surface area contributed by atoms with Crippen molar-refractivity contribution in [1.29, 1.82) is 0 Å². The van der Waals surface area contributed by atoms with Crippen LogP contribution in [0.4, 0.5) is 0 Å². The number of aromatic carboxylic acids is 1. The molecular weight excluding hydrogens is 258 g/mol. The van der Waals surface area contributed by atoms with Crippen molar-refractivity contribution in [2.45, 2.75) is 39.5 Å². The maximum Gasteiger partial charge on any atom is 0.348 e. The summed E-state index contributed by atoms with van der Waals surface area (Å²) in [6.45, 7) is 4.07. The largest absolute Gasteiger partial charge is 0.477 e. The van der Waals surface area contributed by atoms with Crippen LogP contribution < -0.4 is 0 Å². The number of hydrogen-bond donors (Lipinski definition) is 1. The molecule has 0 bridgehead atoms. The molecule has 19 heavy (non-hydrogen) atoms. The molecule has 100 valence electrons. The Morgan fingerprint density at radius 3 is 2.47 bits per heavy atom. The summed E-state index contributed by atoms with van der Waals surface area (Å²) in [7, 11) is 0. The van der Waals surface area contributed by atoms with Crippen molar-refractivity contribution >= 4 is 17.3 Å². The van der Waals surface area contributed by atoms with Crippen LogP contribution >= 0.6 is 11.3 Å². The van der Waals surface area contributed by atoms with Gasteiger partial charge in [0.05, 0.1) is 5.69 Å². The van der Waals surface area contributed by atoms with Crippen LogP contribution in [0.1, 0.15) is 44.3 Å². The van der Waals surface area contributed by atoms with Gasteiger partial charge in [-0.25, -0.2) is 4.79 Å². The average molecular weight is 275 g/mol. The van der Waals surface area contributed by atoms with Gasteiger partial charge in [0, 0.05) is 16.3 Å². The van der Waals surface area contributed by atoms with Crippen LogP contribution in [0.2, 0.25) is 0 Å². The second-order valence-electron chi connectivity index (χ2n) is 5.15. The summed E-state index contributed by atoms with van der Waals surface area (Å²) < 4.78 is 2.10. The number of fused-ring (bicyclic) bond motifs is 1. The molecule has 0 radical (unpaired) electrons. The van der Waals surface area contributed by atoms with Crippen LogP contribution in [-0.4, -0.2) is 15.6 Å². The molecule has 0 amide bonds. The Hall–Kier alpha value is -1.55. The van der Waals surface area contributed by atoms with E-state index in [-0.39, 0.29) is 0 Å². The number of nitrogens with zero attached hydrogens (tertiary/aromatic N) is 1. The molecule has 0 fully saturated rings. The molecule has 0 unspecified atom stereocenters. The van der Waals surface area contributed by atoms with Gasteiger partial charge < -0.3 is 9.67 Å². The number of thiophene rings is 1. The number of carboxylic acids is 1. The highest BCUT2D eigenvalue weighted by Crippen LogP contribution is 2.38. The summed E-state index contributed by atoms with van der Waals surface area (Å²) in [5, 5.41) is 9.49. The van der Waals surface area contributed by atoms with Crippen LogP contribution in [0.15, 0.2) is 12.1 Å². The summed E-state index contributed by atoms with van der Waals surface area (Å²) in [4.78, 5) is 13.3. The van der Waals surface area contributed by atoms with Gasteiger partial charge in [0.15, 0.2) is 0 Å². The van der Waals surface area contributed by atoms with Gasteiger partial charge in [0.2, 0.25) is 0 Å². The number of aromatic nitrogens is 1. The monoisotopic (exact) mass is 275 g/mol. The quantitative estimate of drug-likeness (QED) is 0.907. The van der Waals surface area contributed by atoms with Crippen molar-refractivity contribution in [3.63, 3.8) is 0 Å². The van der Waals surface area contributed by atoms with Gasteiger partial charge in [-0.2, -0.15) is 0 Å². The van der Waals surface area contributed by atoms with Gasteiger partial charge in [-0.05, 0) is 57.2 Å². The molecule has 0 spiro atoms. The molecule has 2 aromatic rings. The summed E-state index contributed by atoms with van der Waals surface area (Å²) in [5.74, 6) is -0.804. The van der Waals surface area contributed by atoms with E-state index in [1.807, 2.05) is 26.0 Å². The number of aryl methyl sites for hydroxylation is 3. The summed E-state index contributed by atoms with van der Waals surface area (Å²) in [6, 6.07) is 4.10. The highest BCUT2D eigenvalue weighted by molar-refractivity contribution is 7.14. The molecule has 0 atom stereocenters. The maximum atomic E-state index is 11.6.